The Morgan fingerprint density at radius 2 is 2.00 bits per heavy atom. The number of carbonyl (C=O) groups is 1. The predicted octanol–water partition coefficient (Wildman–Crippen LogP) is 3.11. The summed E-state index contributed by atoms with van der Waals surface area (Å²) in [6.45, 7) is 3.77. The molecular weight excluding hydrogens is 378 g/mol. The van der Waals surface area contributed by atoms with Crippen LogP contribution >= 0.6 is 11.8 Å². The molecule has 0 saturated heterocycles. The third-order valence-corrected chi connectivity index (χ3v) is 5.03. The van der Waals surface area contributed by atoms with Crippen LogP contribution in [0.1, 0.15) is 12.5 Å². The Hall–Kier alpha value is -3.07. The van der Waals surface area contributed by atoms with Crippen molar-refractivity contribution < 1.29 is 14.3 Å². The summed E-state index contributed by atoms with van der Waals surface area (Å²) in [6, 6.07) is 12.9. The molecule has 3 aromatic rings. The fraction of sp³-hybridized carbons (Fsp3) is 0.263. The number of amides is 1. The van der Waals surface area contributed by atoms with E-state index in [1.54, 1.807) is 38.0 Å². The molecule has 1 N–H and O–H groups in total. The number of nitrogens with one attached hydrogen (secondary N) is 1. The van der Waals surface area contributed by atoms with Gasteiger partial charge in [-0.2, -0.15) is 4.68 Å². The zero-order chi connectivity index (χ0) is 20.1. The SMILES string of the molecule is COc1cccc(NC(=O)[C@H](C)Sc2nnnn2-c2cc(C)ccc2OC)c1. The zero-order valence-electron chi connectivity index (χ0n) is 16.0. The summed E-state index contributed by atoms with van der Waals surface area (Å²) in [5.41, 5.74) is 2.43. The van der Waals surface area contributed by atoms with Crippen LogP contribution in [0.3, 0.4) is 0 Å². The number of methoxy groups -OCH3 is 2. The number of benzene rings is 2. The van der Waals surface area contributed by atoms with Crippen LogP contribution in [-0.2, 0) is 4.79 Å². The Kier molecular flexibility index (Phi) is 6.15. The van der Waals surface area contributed by atoms with Crippen molar-refractivity contribution in [1.82, 2.24) is 20.2 Å². The molecule has 0 radical (unpaired) electrons. The van der Waals surface area contributed by atoms with Gasteiger partial charge >= 0.3 is 0 Å². The fourth-order valence-corrected chi connectivity index (χ4v) is 3.33. The van der Waals surface area contributed by atoms with E-state index in [9.17, 15) is 4.79 Å². The number of rotatable bonds is 7. The summed E-state index contributed by atoms with van der Waals surface area (Å²) in [7, 11) is 3.17. The standard InChI is InChI=1S/C19H21N5O3S/c1-12-8-9-17(27-4)16(10-12)24-19(21-22-23-24)28-13(2)18(25)20-14-6-5-7-15(11-14)26-3/h5-11,13H,1-4H3,(H,20,25)/t13-/m0/s1. The number of aryl methyl sites for hydroxylation is 1. The molecule has 0 bridgehead atoms. The van der Waals surface area contributed by atoms with E-state index in [0.717, 1.165) is 11.3 Å². The maximum absolute atomic E-state index is 12.6. The maximum atomic E-state index is 12.6. The largest absolute Gasteiger partial charge is 0.497 e. The molecule has 0 fully saturated rings. The average Bonchev–Trinajstić information content (AvgIpc) is 3.15. The van der Waals surface area contributed by atoms with Gasteiger partial charge in [-0.25, -0.2) is 0 Å². The number of thioether (sulfide) groups is 1. The van der Waals surface area contributed by atoms with Gasteiger partial charge in [-0.1, -0.05) is 23.9 Å². The second-order valence-electron chi connectivity index (χ2n) is 6.03. The molecule has 146 valence electrons. The predicted molar refractivity (Wildman–Crippen MR) is 107 cm³/mol. The molecule has 3 rings (SSSR count). The minimum Gasteiger partial charge on any atom is -0.497 e. The summed E-state index contributed by atoms with van der Waals surface area (Å²) < 4.78 is 12.2. The van der Waals surface area contributed by atoms with Crippen molar-refractivity contribution in [1.29, 1.82) is 0 Å². The topological polar surface area (TPSA) is 91.2 Å². The van der Waals surface area contributed by atoms with Crippen molar-refractivity contribution in [2.75, 3.05) is 19.5 Å². The lowest BCUT2D eigenvalue weighted by Crippen LogP contribution is -2.23. The van der Waals surface area contributed by atoms with E-state index >= 15 is 0 Å². The number of hydrogen-bond donors (Lipinski definition) is 1. The highest BCUT2D eigenvalue weighted by Crippen LogP contribution is 2.29. The molecule has 0 saturated carbocycles. The van der Waals surface area contributed by atoms with Gasteiger partial charge in [0.05, 0.1) is 19.5 Å². The average molecular weight is 399 g/mol. The van der Waals surface area contributed by atoms with Gasteiger partial charge < -0.3 is 14.8 Å². The summed E-state index contributed by atoms with van der Waals surface area (Å²) in [5.74, 6) is 1.16. The summed E-state index contributed by atoms with van der Waals surface area (Å²) >= 11 is 1.26. The summed E-state index contributed by atoms with van der Waals surface area (Å²) in [4.78, 5) is 12.6. The number of ether oxygens (including phenoxy) is 2. The van der Waals surface area contributed by atoms with Crippen molar-refractivity contribution >= 4 is 23.4 Å². The smallest absolute Gasteiger partial charge is 0.237 e. The minimum atomic E-state index is -0.424. The molecule has 1 heterocycles. The summed E-state index contributed by atoms with van der Waals surface area (Å²) in [5, 5.41) is 14.8. The second kappa shape index (κ2) is 8.75. The molecule has 1 amide bonds. The van der Waals surface area contributed by atoms with Gasteiger partial charge in [-0.05, 0) is 54.1 Å². The molecule has 9 heteroatoms. The van der Waals surface area contributed by atoms with E-state index in [4.69, 9.17) is 9.47 Å². The normalized spacial score (nSPS) is 11.7. The van der Waals surface area contributed by atoms with E-state index in [1.165, 1.54) is 11.8 Å². The number of carbonyl (C=O) groups excluding carboxylic acids is 1. The molecule has 2 aromatic carbocycles. The minimum absolute atomic E-state index is 0.163. The molecule has 8 nitrogen and oxygen atoms in total. The van der Waals surface area contributed by atoms with E-state index in [0.29, 0.717) is 22.3 Å². The number of nitrogens with zero attached hydrogens (tertiary/aromatic N) is 4. The number of hydrogen-bond acceptors (Lipinski definition) is 7. The Balaban J connectivity index is 1.77. The Bertz CT molecular complexity index is 976. The molecule has 0 spiro atoms. The fourth-order valence-electron chi connectivity index (χ4n) is 2.53. The van der Waals surface area contributed by atoms with Crippen LogP contribution in [0.5, 0.6) is 11.5 Å². The maximum Gasteiger partial charge on any atom is 0.237 e. The molecule has 0 aliphatic rings. The number of tetrazole rings is 1. The zero-order valence-corrected chi connectivity index (χ0v) is 16.9. The third-order valence-electron chi connectivity index (χ3n) is 3.99. The summed E-state index contributed by atoms with van der Waals surface area (Å²) in [6.07, 6.45) is 0. The van der Waals surface area contributed by atoms with Crippen molar-refractivity contribution in [2.45, 2.75) is 24.3 Å². The van der Waals surface area contributed by atoms with Crippen LogP contribution in [0.15, 0.2) is 47.6 Å². The lowest BCUT2D eigenvalue weighted by Gasteiger charge is -2.13. The first-order valence-corrected chi connectivity index (χ1v) is 9.44. The molecule has 1 atom stereocenters. The van der Waals surface area contributed by atoms with Gasteiger partial charge in [-0.15, -0.1) is 5.10 Å². The van der Waals surface area contributed by atoms with Crippen molar-refractivity contribution in [3.63, 3.8) is 0 Å². The Morgan fingerprint density at radius 1 is 1.18 bits per heavy atom. The number of anilines is 1. The lowest BCUT2D eigenvalue weighted by atomic mass is 10.2. The van der Waals surface area contributed by atoms with E-state index in [-0.39, 0.29) is 5.91 Å². The van der Waals surface area contributed by atoms with Gasteiger partial charge in [0.25, 0.3) is 0 Å². The second-order valence-corrected chi connectivity index (χ2v) is 7.34. The van der Waals surface area contributed by atoms with Gasteiger partial charge in [-0.3, -0.25) is 4.79 Å². The molecule has 0 unspecified atom stereocenters. The van der Waals surface area contributed by atoms with Crippen LogP contribution < -0.4 is 14.8 Å². The van der Waals surface area contributed by atoms with E-state index in [2.05, 4.69) is 20.8 Å². The van der Waals surface area contributed by atoms with Crippen LogP contribution in [-0.4, -0.2) is 45.6 Å². The first-order chi connectivity index (χ1) is 13.5. The molecule has 1 aromatic heterocycles. The third kappa shape index (κ3) is 4.42. The van der Waals surface area contributed by atoms with Gasteiger partial charge in [0.2, 0.25) is 11.1 Å². The molecular formula is C19H21N5O3S. The molecule has 0 aliphatic heterocycles. The van der Waals surface area contributed by atoms with Crippen LogP contribution in [0.25, 0.3) is 5.69 Å². The van der Waals surface area contributed by atoms with Gasteiger partial charge in [0, 0.05) is 11.8 Å². The van der Waals surface area contributed by atoms with Crippen molar-refractivity contribution in [2.24, 2.45) is 0 Å². The first-order valence-electron chi connectivity index (χ1n) is 8.56. The Morgan fingerprint density at radius 3 is 2.75 bits per heavy atom. The lowest BCUT2D eigenvalue weighted by molar-refractivity contribution is -0.115. The monoisotopic (exact) mass is 399 g/mol. The Labute approximate surface area is 167 Å². The highest BCUT2D eigenvalue weighted by atomic mass is 32.2. The highest BCUT2D eigenvalue weighted by Gasteiger charge is 2.21. The highest BCUT2D eigenvalue weighted by molar-refractivity contribution is 8.00. The van der Waals surface area contributed by atoms with Gasteiger partial charge in [0.1, 0.15) is 17.2 Å². The van der Waals surface area contributed by atoms with Crippen LogP contribution in [0.4, 0.5) is 5.69 Å². The van der Waals surface area contributed by atoms with Crippen LogP contribution in [0, 0.1) is 6.92 Å². The van der Waals surface area contributed by atoms with E-state index < -0.39 is 5.25 Å². The van der Waals surface area contributed by atoms with Crippen molar-refractivity contribution in [3.05, 3.63) is 48.0 Å². The molecule has 28 heavy (non-hydrogen) atoms. The molecule has 0 aliphatic carbocycles. The van der Waals surface area contributed by atoms with Crippen LogP contribution in [0.2, 0.25) is 0 Å². The quantitative estimate of drug-likeness (QED) is 0.610. The first kappa shape index (κ1) is 19.7. The number of aromatic nitrogens is 4. The van der Waals surface area contributed by atoms with E-state index in [1.807, 2.05) is 37.3 Å². The van der Waals surface area contributed by atoms with Gasteiger partial charge in [0.15, 0.2) is 0 Å². The van der Waals surface area contributed by atoms with Crippen molar-refractivity contribution in [3.8, 4) is 17.2 Å².